The summed E-state index contributed by atoms with van der Waals surface area (Å²) >= 11 is 0. The Labute approximate surface area is 127 Å². The lowest BCUT2D eigenvalue weighted by Crippen LogP contribution is -2.43. The van der Waals surface area contributed by atoms with E-state index in [9.17, 15) is 10.2 Å². The fraction of sp³-hybridized carbons (Fsp3) is 0.789. The molecule has 4 aliphatic rings. The van der Waals surface area contributed by atoms with Gasteiger partial charge >= 0.3 is 0 Å². The molecule has 2 nitrogen and oxygen atoms in total. The average molecular weight is 288 g/mol. The zero-order chi connectivity index (χ0) is 14.8. The zero-order valence-corrected chi connectivity index (χ0v) is 13.4. The van der Waals surface area contributed by atoms with Crippen LogP contribution in [0.25, 0.3) is 0 Å². The maximum atomic E-state index is 10.4. The molecular weight excluding hydrogens is 260 g/mol. The molecule has 2 saturated carbocycles. The van der Waals surface area contributed by atoms with Crippen molar-refractivity contribution in [2.24, 2.45) is 16.7 Å². The Morgan fingerprint density at radius 2 is 1.71 bits per heavy atom. The molecule has 0 heterocycles. The lowest BCUT2D eigenvalue weighted by molar-refractivity contribution is 0.0517. The van der Waals surface area contributed by atoms with E-state index in [0.717, 1.165) is 44.9 Å². The normalized spacial score (nSPS) is 49.3. The molecule has 2 fully saturated rings. The molecule has 0 aromatic heterocycles. The van der Waals surface area contributed by atoms with Crippen LogP contribution in [0.3, 0.4) is 0 Å². The molecule has 0 amide bonds. The van der Waals surface area contributed by atoms with Crippen molar-refractivity contribution in [1.29, 1.82) is 0 Å². The summed E-state index contributed by atoms with van der Waals surface area (Å²) < 4.78 is 0. The molecule has 0 radical (unpaired) electrons. The van der Waals surface area contributed by atoms with Gasteiger partial charge in [-0.1, -0.05) is 36.6 Å². The first-order valence-corrected chi connectivity index (χ1v) is 8.75. The summed E-state index contributed by atoms with van der Waals surface area (Å²) in [5.41, 5.74) is 5.15. The second kappa shape index (κ2) is 4.45. The highest BCUT2D eigenvalue weighted by Gasteiger charge is 2.52. The van der Waals surface area contributed by atoms with Gasteiger partial charge in [-0.3, -0.25) is 0 Å². The van der Waals surface area contributed by atoms with Crippen LogP contribution < -0.4 is 0 Å². The van der Waals surface area contributed by atoms with Gasteiger partial charge in [0.25, 0.3) is 0 Å². The summed E-state index contributed by atoms with van der Waals surface area (Å²) in [5, 5.41) is 20.4. The van der Waals surface area contributed by atoms with Crippen molar-refractivity contribution in [1.82, 2.24) is 0 Å². The molecule has 2 unspecified atom stereocenters. The first-order valence-electron chi connectivity index (χ1n) is 8.75. The molecule has 21 heavy (non-hydrogen) atoms. The van der Waals surface area contributed by atoms with Crippen LogP contribution in [-0.4, -0.2) is 22.4 Å². The van der Waals surface area contributed by atoms with E-state index in [1.165, 1.54) is 12.0 Å². The Morgan fingerprint density at radius 1 is 0.952 bits per heavy atom. The van der Waals surface area contributed by atoms with Gasteiger partial charge in [-0.05, 0) is 62.7 Å². The third-order valence-electron chi connectivity index (χ3n) is 7.37. The smallest absolute Gasteiger partial charge is 0.0724 e. The van der Waals surface area contributed by atoms with E-state index in [-0.39, 0.29) is 23.0 Å². The Morgan fingerprint density at radius 3 is 2.52 bits per heavy atom. The van der Waals surface area contributed by atoms with Crippen molar-refractivity contribution >= 4 is 0 Å². The molecular formula is C19H28O2. The monoisotopic (exact) mass is 288 g/mol. The minimum Gasteiger partial charge on any atom is -0.392 e. The topological polar surface area (TPSA) is 40.5 Å². The summed E-state index contributed by atoms with van der Waals surface area (Å²) in [5.74, 6) is 0.665. The molecule has 4 rings (SSSR count). The third kappa shape index (κ3) is 1.78. The van der Waals surface area contributed by atoms with Crippen LogP contribution in [0.1, 0.15) is 65.2 Å². The van der Waals surface area contributed by atoms with E-state index >= 15 is 0 Å². The van der Waals surface area contributed by atoms with Gasteiger partial charge in [0.05, 0.1) is 12.2 Å². The molecule has 0 spiro atoms. The maximum Gasteiger partial charge on any atom is 0.0724 e. The van der Waals surface area contributed by atoms with E-state index in [1.807, 2.05) is 0 Å². The van der Waals surface area contributed by atoms with Crippen LogP contribution in [0.2, 0.25) is 0 Å². The highest BCUT2D eigenvalue weighted by Crippen LogP contribution is 2.62. The molecule has 0 aliphatic heterocycles. The van der Waals surface area contributed by atoms with Crippen LogP contribution >= 0.6 is 0 Å². The average Bonchev–Trinajstić information content (AvgIpc) is 2.76. The Kier molecular flexibility index (Phi) is 2.97. The molecule has 5 atom stereocenters. The molecule has 0 aromatic rings. The van der Waals surface area contributed by atoms with Crippen molar-refractivity contribution in [3.05, 3.63) is 22.8 Å². The molecule has 4 aliphatic carbocycles. The summed E-state index contributed by atoms with van der Waals surface area (Å²) in [7, 11) is 0. The van der Waals surface area contributed by atoms with E-state index in [2.05, 4.69) is 19.9 Å². The molecule has 2 N–H and O–H groups in total. The lowest BCUT2D eigenvalue weighted by atomic mass is 9.52. The first-order chi connectivity index (χ1) is 9.95. The van der Waals surface area contributed by atoms with Gasteiger partial charge in [0.1, 0.15) is 0 Å². The summed E-state index contributed by atoms with van der Waals surface area (Å²) in [6.07, 6.45) is 10.6. The number of hydrogen-bond acceptors (Lipinski definition) is 2. The Balaban J connectivity index is 1.78. The fourth-order valence-electron chi connectivity index (χ4n) is 5.94. The summed E-state index contributed by atoms with van der Waals surface area (Å²) in [6, 6.07) is 0. The minimum absolute atomic E-state index is 0.0671. The van der Waals surface area contributed by atoms with Gasteiger partial charge in [0.15, 0.2) is 0 Å². The van der Waals surface area contributed by atoms with Crippen LogP contribution in [0.5, 0.6) is 0 Å². The highest BCUT2D eigenvalue weighted by atomic mass is 16.3. The van der Waals surface area contributed by atoms with Crippen molar-refractivity contribution in [3.63, 3.8) is 0 Å². The molecule has 0 aromatic carbocycles. The summed E-state index contributed by atoms with van der Waals surface area (Å²) in [6.45, 7) is 4.73. The first kappa shape index (κ1) is 14.0. The van der Waals surface area contributed by atoms with Gasteiger partial charge in [-0.25, -0.2) is 0 Å². The Bertz CT molecular complexity index is 532. The SMILES string of the molecule is C[C@]12CC[C@@H]3C(=C1CCC2O)CCC1=CC(O)CC[C@@]13C. The van der Waals surface area contributed by atoms with Crippen LogP contribution in [0, 0.1) is 16.7 Å². The molecule has 0 bridgehead atoms. The van der Waals surface area contributed by atoms with E-state index in [1.54, 1.807) is 11.1 Å². The van der Waals surface area contributed by atoms with E-state index in [4.69, 9.17) is 0 Å². The fourth-order valence-corrected chi connectivity index (χ4v) is 5.94. The predicted molar refractivity (Wildman–Crippen MR) is 83.8 cm³/mol. The number of fused-ring (bicyclic) bond motifs is 4. The number of rotatable bonds is 0. The van der Waals surface area contributed by atoms with E-state index < -0.39 is 0 Å². The minimum atomic E-state index is -0.218. The van der Waals surface area contributed by atoms with E-state index in [0.29, 0.717) is 5.92 Å². The number of allylic oxidation sites excluding steroid dienone is 2. The van der Waals surface area contributed by atoms with Crippen molar-refractivity contribution in [2.75, 3.05) is 0 Å². The largest absolute Gasteiger partial charge is 0.392 e. The number of hydrogen-bond donors (Lipinski definition) is 2. The van der Waals surface area contributed by atoms with Gasteiger partial charge < -0.3 is 10.2 Å². The van der Waals surface area contributed by atoms with Gasteiger partial charge in [-0.2, -0.15) is 0 Å². The van der Waals surface area contributed by atoms with Gasteiger partial charge in [0.2, 0.25) is 0 Å². The van der Waals surface area contributed by atoms with Crippen LogP contribution in [0.4, 0.5) is 0 Å². The summed E-state index contributed by atoms with van der Waals surface area (Å²) in [4.78, 5) is 0. The van der Waals surface area contributed by atoms with Gasteiger partial charge in [-0.15, -0.1) is 0 Å². The highest BCUT2D eigenvalue weighted by molar-refractivity contribution is 5.39. The van der Waals surface area contributed by atoms with Crippen LogP contribution in [0.15, 0.2) is 22.8 Å². The molecule has 2 heteroatoms. The van der Waals surface area contributed by atoms with Gasteiger partial charge in [0, 0.05) is 5.41 Å². The predicted octanol–water partition coefficient (Wildman–Crippen LogP) is 3.74. The second-order valence-corrected chi connectivity index (χ2v) is 8.28. The quantitative estimate of drug-likeness (QED) is 0.667. The standard InChI is InChI=1S/C19H28O2/c1-18-9-7-13(20)11-12(18)3-4-14-15-5-6-17(21)19(15,2)10-8-16(14)18/h11,13,16-17,20-21H,3-10H2,1-2H3/t13?,16-,17?,18+,19+/m1/s1. The van der Waals surface area contributed by atoms with Crippen LogP contribution in [-0.2, 0) is 0 Å². The van der Waals surface area contributed by atoms with Crippen molar-refractivity contribution in [2.45, 2.75) is 77.4 Å². The second-order valence-electron chi connectivity index (χ2n) is 8.28. The van der Waals surface area contributed by atoms with Crippen molar-refractivity contribution < 1.29 is 10.2 Å². The van der Waals surface area contributed by atoms with Crippen molar-refractivity contribution in [3.8, 4) is 0 Å². The number of aliphatic hydroxyl groups excluding tert-OH is 2. The molecule has 0 saturated heterocycles. The lowest BCUT2D eigenvalue weighted by Gasteiger charge is -2.53. The maximum absolute atomic E-state index is 10.4. The molecule has 116 valence electrons. The Hall–Kier alpha value is -0.600. The zero-order valence-electron chi connectivity index (χ0n) is 13.4. The number of aliphatic hydroxyl groups is 2. The third-order valence-corrected chi connectivity index (χ3v) is 7.37.